The largest absolute Gasteiger partial charge is 0.398 e. The van der Waals surface area contributed by atoms with E-state index in [9.17, 15) is 14.4 Å². The molecule has 114 valence electrons. The molecule has 22 heavy (non-hydrogen) atoms. The molecule has 1 fully saturated rings. The monoisotopic (exact) mass is 305 g/mol. The molecule has 3 rings (SSSR count). The zero-order chi connectivity index (χ0) is 21.2. The third kappa shape index (κ3) is 1.94. The maximum Gasteiger partial charge on any atom is 0.264 e. The molecule has 0 saturated heterocycles. The zero-order valence-electron chi connectivity index (χ0n) is 17.8. The van der Waals surface area contributed by atoms with Gasteiger partial charge >= 0.3 is 0 Å². The second-order valence-corrected chi connectivity index (χ2v) is 5.31. The van der Waals surface area contributed by atoms with Crippen LogP contribution >= 0.6 is 0 Å². The van der Waals surface area contributed by atoms with Gasteiger partial charge in [-0.2, -0.15) is 0 Å². The molecule has 1 saturated carbocycles. The quantitative estimate of drug-likeness (QED) is 0.633. The highest BCUT2D eigenvalue weighted by Gasteiger charge is 2.41. The van der Waals surface area contributed by atoms with Crippen LogP contribution in [0.15, 0.2) is 22.9 Å². The van der Waals surface area contributed by atoms with Gasteiger partial charge in [0.05, 0.1) is 21.4 Å². The fourth-order valence-corrected chi connectivity index (χ4v) is 2.74. The lowest BCUT2D eigenvalue weighted by molar-refractivity contribution is -0.136. The fourth-order valence-electron chi connectivity index (χ4n) is 2.74. The van der Waals surface area contributed by atoms with Crippen LogP contribution in [-0.4, -0.2) is 21.1 Å². The number of anilines is 1. The van der Waals surface area contributed by atoms with Crippen molar-refractivity contribution in [2.24, 2.45) is 0 Å². The third-order valence-electron chi connectivity index (χ3n) is 3.86. The lowest BCUT2D eigenvalue weighted by atomic mass is 9.81. The van der Waals surface area contributed by atoms with E-state index in [-0.39, 0.29) is 23.1 Å². The van der Waals surface area contributed by atoms with Gasteiger partial charge < -0.3 is 5.73 Å². The summed E-state index contributed by atoms with van der Waals surface area (Å²) in [6.45, 7) is -1.64. The van der Waals surface area contributed by atoms with Crippen LogP contribution in [0.5, 0.6) is 0 Å². The average molecular weight is 305 g/mol. The number of fused-ring (bicyclic) bond motifs is 1. The highest BCUT2D eigenvalue weighted by atomic mass is 16.2. The number of carbonyl (C=O) groups excluding carboxylic acids is 2. The van der Waals surface area contributed by atoms with E-state index in [4.69, 9.17) is 14.0 Å². The van der Waals surface area contributed by atoms with Crippen molar-refractivity contribution in [2.45, 2.75) is 38.6 Å². The molecule has 0 aliphatic heterocycles. The number of nitrogens with two attached hydrogens (primary N) is 1. The molecule has 6 heteroatoms. The van der Waals surface area contributed by atoms with E-state index in [0.29, 0.717) is 0 Å². The molecule has 0 bridgehead atoms. The number of nitrogen functional groups attached to an aromatic ring is 1. The highest BCUT2D eigenvalue weighted by molar-refractivity contribution is 6.05. The van der Waals surface area contributed by atoms with Crippen molar-refractivity contribution < 1.29 is 17.8 Å². The van der Waals surface area contributed by atoms with E-state index in [0.717, 1.165) is 4.57 Å². The Kier molecular flexibility index (Phi) is 1.91. The predicted molar refractivity (Wildman–Crippen MR) is 82.7 cm³/mol. The molecule has 1 aliphatic carbocycles. The molecule has 2 N–H and O–H groups in total. The van der Waals surface area contributed by atoms with E-state index in [1.165, 1.54) is 6.92 Å². The summed E-state index contributed by atoms with van der Waals surface area (Å²) in [4.78, 5) is 41.9. The van der Waals surface area contributed by atoms with Crippen LogP contribution in [0.3, 0.4) is 0 Å². The molecule has 0 amide bonds. The first-order valence-corrected chi connectivity index (χ1v) is 6.68. The van der Waals surface area contributed by atoms with Gasteiger partial charge in [0.1, 0.15) is 17.1 Å². The van der Waals surface area contributed by atoms with Gasteiger partial charge in [0, 0.05) is 16.2 Å². The van der Waals surface area contributed by atoms with Gasteiger partial charge in [-0.25, -0.2) is 4.98 Å². The fraction of sp³-hybridized carbons (Fsp3) is 0.375. The average Bonchev–Trinajstić information content (AvgIpc) is 2.58. The van der Waals surface area contributed by atoms with Crippen LogP contribution in [0.2, 0.25) is 0 Å². The Balaban J connectivity index is 2.51. The molecule has 2 aromatic rings. The van der Waals surface area contributed by atoms with Gasteiger partial charge in [-0.1, -0.05) is 6.04 Å². The molecule has 1 aliphatic rings. The van der Waals surface area contributed by atoms with E-state index >= 15 is 0 Å². The van der Waals surface area contributed by atoms with E-state index in [1.807, 2.05) is 0 Å². The van der Waals surface area contributed by atoms with Crippen LogP contribution in [0.4, 0.5) is 5.69 Å². The molecule has 1 heterocycles. The van der Waals surface area contributed by atoms with Gasteiger partial charge in [0.15, 0.2) is 5.78 Å². The lowest BCUT2D eigenvalue weighted by Crippen LogP contribution is -2.49. The topological polar surface area (TPSA) is 95.0 Å². The number of nitrogens with zero attached hydrogens (tertiary/aromatic N) is 2. The Morgan fingerprint density at radius 2 is 2.18 bits per heavy atom. The molecular formula is C16H17N3O3. The Morgan fingerprint density at radius 3 is 2.86 bits per heavy atom. The highest BCUT2D eigenvalue weighted by Crippen LogP contribution is 2.30. The van der Waals surface area contributed by atoms with E-state index < -0.39 is 66.2 Å². The molecule has 1 aromatic heterocycles. The van der Waals surface area contributed by atoms with Crippen molar-refractivity contribution in [1.29, 1.82) is 0 Å². The minimum atomic E-state index is -2.95. The Bertz CT molecular complexity index is 1110. The summed E-state index contributed by atoms with van der Waals surface area (Å²) in [5, 5.41) is -0.384. The van der Waals surface area contributed by atoms with Crippen molar-refractivity contribution >= 4 is 28.2 Å². The first kappa shape index (κ1) is 8.82. The molecule has 0 spiro atoms. The normalized spacial score (nSPS) is 26.8. The number of hydrogen-bond donors (Lipinski definition) is 1. The van der Waals surface area contributed by atoms with Crippen LogP contribution in [0.25, 0.3) is 10.9 Å². The van der Waals surface area contributed by atoms with Gasteiger partial charge in [-0.3, -0.25) is 19.0 Å². The summed E-state index contributed by atoms with van der Waals surface area (Å²) in [6.07, 6.45) is -1.20. The number of aromatic nitrogens is 2. The number of rotatable bonds is 1. The summed E-state index contributed by atoms with van der Waals surface area (Å²) in [6, 6.07) is -1.56. The van der Waals surface area contributed by atoms with Crippen LogP contribution in [-0.2, 0) is 15.1 Å². The number of Topliss-reactive ketones (excluding diaryl/α,β-unsaturated/α-hetero) is 2. The van der Waals surface area contributed by atoms with Gasteiger partial charge in [0.2, 0.25) is 0 Å². The minimum Gasteiger partial charge on any atom is -0.398 e. The summed E-state index contributed by atoms with van der Waals surface area (Å²) in [5.41, 5.74) is 1.89. The lowest BCUT2D eigenvalue weighted by Gasteiger charge is -2.34. The standard InChI is InChI=1S/C16H17N3O3/c1-9-18-12-5-3-4-11(17)14(12)15(22)19(9)16(2)7-6-10(20)8-13(16)21/h3-5H,6-8,17H2,1-2H3/t16-/m1/s1/i2D3,3D,4D,5D. The molecule has 6 nitrogen and oxygen atoms in total. The first-order valence-electron chi connectivity index (χ1n) is 9.68. The summed E-state index contributed by atoms with van der Waals surface area (Å²) in [5.74, 6) is -1.48. The first-order chi connectivity index (χ1) is 12.8. The van der Waals surface area contributed by atoms with Crippen molar-refractivity contribution in [1.82, 2.24) is 9.55 Å². The van der Waals surface area contributed by atoms with Crippen molar-refractivity contribution in [3.05, 3.63) is 34.3 Å². The second kappa shape index (κ2) is 4.76. The second-order valence-electron chi connectivity index (χ2n) is 5.31. The summed E-state index contributed by atoms with van der Waals surface area (Å²) in [7, 11) is 0. The molecule has 1 atom stereocenters. The SMILES string of the molecule is [2H]c1c([2H])c(N)c2c(=O)n([C@]3(C([2H])([2H])[2H])CCC(=O)CC3=O)c(C)nc2c1[2H]. The molecular weight excluding hydrogens is 282 g/mol. The Labute approximate surface area is 135 Å². The summed E-state index contributed by atoms with van der Waals surface area (Å²) < 4.78 is 48.2. The minimum absolute atomic E-state index is 0.152. The van der Waals surface area contributed by atoms with Gasteiger partial charge in [0.25, 0.3) is 5.56 Å². The molecule has 0 radical (unpaired) electrons. The number of benzene rings is 1. The maximum atomic E-state index is 13.3. The number of ketones is 2. The Hall–Kier alpha value is -2.50. The van der Waals surface area contributed by atoms with Crippen molar-refractivity contribution in [2.75, 3.05) is 5.73 Å². The van der Waals surface area contributed by atoms with Crippen LogP contribution in [0, 0.1) is 6.92 Å². The van der Waals surface area contributed by atoms with Gasteiger partial charge in [-0.05, 0) is 32.3 Å². The summed E-state index contributed by atoms with van der Waals surface area (Å²) >= 11 is 0. The number of carbonyl (C=O) groups is 2. The Morgan fingerprint density at radius 1 is 1.41 bits per heavy atom. The van der Waals surface area contributed by atoms with E-state index in [2.05, 4.69) is 4.98 Å². The molecule has 1 aromatic carbocycles. The predicted octanol–water partition coefficient (Wildman–Crippen LogP) is 1.32. The maximum absolute atomic E-state index is 13.3. The molecule has 0 unspecified atom stereocenters. The van der Waals surface area contributed by atoms with Crippen molar-refractivity contribution in [3.63, 3.8) is 0 Å². The number of hydrogen-bond acceptors (Lipinski definition) is 5. The smallest absolute Gasteiger partial charge is 0.264 e. The van der Waals surface area contributed by atoms with Crippen LogP contribution in [0.1, 0.15) is 40.2 Å². The third-order valence-corrected chi connectivity index (χ3v) is 3.86. The number of aryl methyl sites for hydroxylation is 1. The van der Waals surface area contributed by atoms with E-state index in [1.54, 1.807) is 0 Å². The van der Waals surface area contributed by atoms with Crippen LogP contribution < -0.4 is 11.3 Å². The van der Waals surface area contributed by atoms with Crippen molar-refractivity contribution in [3.8, 4) is 0 Å². The van der Waals surface area contributed by atoms with Gasteiger partial charge in [-0.15, -0.1) is 0 Å². The zero-order valence-corrected chi connectivity index (χ0v) is 11.8.